The van der Waals surface area contributed by atoms with Crippen LogP contribution in [0.4, 0.5) is 11.6 Å². The van der Waals surface area contributed by atoms with Crippen molar-refractivity contribution in [1.82, 2.24) is 9.99 Å². The Morgan fingerprint density at radius 3 is 2.86 bits per heavy atom. The van der Waals surface area contributed by atoms with Crippen LogP contribution in [-0.4, -0.2) is 36.3 Å². The van der Waals surface area contributed by atoms with E-state index in [0.29, 0.717) is 5.82 Å². The lowest BCUT2D eigenvalue weighted by atomic mass is 10.4. The van der Waals surface area contributed by atoms with Crippen LogP contribution in [0, 0.1) is 0 Å². The largest absolute Gasteiger partial charge is 0.384 e. The Balaban J connectivity index is 1.95. The van der Waals surface area contributed by atoms with E-state index in [0.717, 1.165) is 32.1 Å². The number of rotatable bonds is 2. The lowest BCUT2D eigenvalue weighted by Gasteiger charge is -2.27. The number of nitrogens with one attached hydrogen (secondary N) is 1. The fourth-order valence-electron chi connectivity index (χ4n) is 1.35. The van der Waals surface area contributed by atoms with Gasteiger partial charge in [-0.05, 0) is 12.1 Å². The van der Waals surface area contributed by atoms with Gasteiger partial charge in [-0.25, -0.2) is 9.99 Å². The Morgan fingerprint density at radius 2 is 2.14 bits per heavy atom. The third kappa shape index (κ3) is 2.34. The van der Waals surface area contributed by atoms with Crippen LogP contribution in [0.5, 0.6) is 0 Å². The molecule has 0 aliphatic carbocycles. The van der Waals surface area contributed by atoms with Gasteiger partial charge < -0.3 is 15.9 Å². The number of nitrogens with zero attached hydrogens (tertiary/aromatic N) is 2. The second kappa shape index (κ2) is 4.26. The van der Waals surface area contributed by atoms with Gasteiger partial charge in [0.25, 0.3) is 0 Å². The zero-order valence-corrected chi connectivity index (χ0v) is 7.94. The van der Waals surface area contributed by atoms with Crippen molar-refractivity contribution in [3.63, 3.8) is 0 Å². The number of hydrogen-bond donors (Lipinski definition) is 2. The molecule has 14 heavy (non-hydrogen) atoms. The van der Waals surface area contributed by atoms with Gasteiger partial charge in [0.05, 0.1) is 13.2 Å². The molecule has 1 fully saturated rings. The molecule has 2 rings (SSSR count). The SMILES string of the molecule is Nc1cccc(NN2CCOCC2)n1. The summed E-state index contributed by atoms with van der Waals surface area (Å²) in [6.45, 7) is 3.26. The van der Waals surface area contributed by atoms with E-state index in [1.807, 2.05) is 12.1 Å². The van der Waals surface area contributed by atoms with E-state index in [4.69, 9.17) is 10.5 Å². The maximum absolute atomic E-state index is 5.57. The third-order valence-corrected chi connectivity index (χ3v) is 2.05. The minimum absolute atomic E-state index is 0.531. The van der Waals surface area contributed by atoms with Gasteiger partial charge in [-0.3, -0.25) is 0 Å². The highest BCUT2D eigenvalue weighted by molar-refractivity contribution is 5.41. The van der Waals surface area contributed by atoms with Crippen LogP contribution in [0.1, 0.15) is 0 Å². The number of ether oxygens (including phenoxy) is 1. The Bertz CT molecular complexity index is 299. The van der Waals surface area contributed by atoms with E-state index in [9.17, 15) is 0 Å². The predicted octanol–water partition coefficient (Wildman–Crippen LogP) is 0.323. The van der Waals surface area contributed by atoms with Crippen molar-refractivity contribution in [3.8, 4) is 0 Å². The highest BCUT2D eigenvalue weighted by atomic mass is 16.5. The highest BCUT2D eigenvalue weighted by Gasteiger charge is 2.09. The van der Waals surface area contributed by atoms with Crippen LogP contribution in [0.25, 0.3) is 0 Å². The Morgan fingerprint density at radius 1 is 1.36 bits per heavy atom. The van der Waals surface area contributed by atoms with Gasteiger partial charge in [-0.1, -0.05) is 6.07 Å². The summed E-state index contributed by atoms with van der Waals surface area (Å²) in [6, 6.07) is 5.54. The van der Waals surface area contributed by atoms with Crippen molar-refractivity contribution in [3.05, 3.63) is 18.2 Å². The monoisotopic (exact) mass is 194 g/mol. The number of morpholine rings is 1. The molecule has 3 N–H and O–H groups in total. The van der Waals surface area contributed by atoms with Crippen molar-refractivity contribution in [2.24, 2.45) is 0 Å². The maximum Gasteiger partial charge on any atom is 0.142 e. The molecule has 5 nitrogen and oxygen atoms in total. The summed E-state index contributed by atoms with van der Waals surface area (Å²) in [5.74, 6) is 1.31. The lowest BCUT2D eigenvalue weighted by Crippen LogP contribution is -2.40. The van der Waals surface area contributed by atoms with Gasteiger partial charge in [-0.2, -0.15) is 0 Å². The molecule has 0 atom stereocenters. The van der Waals surface area contributed by atoms with Gasteiger partial charge in [0.1, 0.15) is 11.6 Å². The van der Waals surface area contributed by atoms with E-state index in [1.165, 1.54) is 0 Å². The first kappa shape index (κ1) is 9.23. The minimum atomic E-state index is 0.531. The molecule has 1 aromatic heterocycles. The zero-order chi connectivity index (χ0) is 9.80. The molecule has 5 heteroatoms. The first-order valence-corrected chi connectivity index (χ1v) is 4.66. The van der Waals surface area contributed by atoms with Crippen molar-refractivity contribution in [2.45, 2.75) is 0 Å². The summed E-state index contributed by atoms with van der Waals surface area (Å²) in [5.41, 5.74) is 8.75. The molecular weight excluding hydrogens is 180 g/mol. The number of hydrazine groups is 1. The molecule has 0 radical (unpaired) electrons. The third-order valence-electron chi connectivity index (χ3n) is 2.05. The summed E-state index contributed by atoms with van der Waals surface area (Å²) in [4.78, 5) is 4.15. The first-order valence-electron chi connectivity index (χ1n) is 4.66. The van der Waals surface area contributed by atoms with Gasteiger partial charge in [-0.15, -0.1) is 0 Å². The molecule has 0 amide bonds. The van der Waals surface area contributed by atoms with Gasteiger partial charge >= 0.3 is 0 Å². The minimum Gasteiger partial charge on any atom is -0.384 e. The van der Waals surface area contributed by atoms with Gasteiger partial charge in [0.15, 0.2) is 0 Å². The fraction of sp³-hybridized carbons (Fsp3) is 0.444. The average molecular weight is 194 g/mol. The van der Waals surface area contributed by atoms with Crippen molar-refractivity contribution >= 4 is 11.6 Å². The zero-order valence-electron chi connectivity index (χ0n) is 7.94. The smallest absolute Gasteiger partial charge is 0.142 e. The predicted molar refractivity (Wildman–Crippen MR) is 54.7 cm³/mol. The van der Waals surface area contributed by atoms with E-state index in [-0.39, 0.29) is 0 Å². The molecule has 0 saturated carbocycles. The quantitative estimate of drug-likeness (QED) is 0.710. The summed E-state index contributed by atoms with van der Waals surface area (Å²) in [6.07, 6.45) is 0. The Hall–Kier alpha value is -1.33. The molecule has 1 saturated heterocycles. The average Bonchev–Trinajstić information content (AvgIpc) is 2.19. The van der Waals surface area contributed by atoms with Gasteiger partial charge in [0, 0.05) is 13.1 Å². The molecule has 0 unspecified atom stereocenters. The second-order valence-electron chi connectivity index (χ2n) is 3.16. The summed E-state index contributed by atoms with van der Waals surface area (Å²) < 4.78 is 5.23. The topological polar surface area (TPSA) is 63.4 Å². The first-order chi connectivity index (χ1) is 6.84. The second-order valence-corrected chi connectivity index (χ2v) is 3.16. The summed E-state index contributed by atoms with van der Waals surface area (Å²) in [7, 11) is 0. The van der Waals surface area contributed by atoms with E-state index < -0.39 is 0 Å². The normalized spacial score (nSPS) is 18.0. The van der Waals surface area contributed by atoms with Crippen LogP contribution in [-0.2, 0) is 4.74 Å². The standard InChI is InChI=1S/C9H14N4O/c10-8-2-1-3-9(11-8)12-13-4-6-14-7-5-13/h1-3H,4-7H2,(H3,10,11,12). The number of aromatic nitrogens is 1. The number of anilines is 2. The molecular formula is C9H14N4O. The lowest BCUT2D eigenvalue weighted by molar-refractivity contribution is 0.0495. The molecule has 1 aliphatic heterocycles. The molecule has 0 aromatic carbocycles. The number of hydrogen-bond acceptors (Lipinski definition) is 5. The van der Waals surface area contributed by atoms with E-state index in [1.54, 1.807) is 6.07 Å². The number of nitrogen functional groups attached to an aromatic ring is 1. The van der Waals surface area contributed by atoms with Crippen molar-refractivity contribution in [1.29, 1.82) is 0 Å². The van der Waals surface area contributed by atoms with Crippen LogP contribution in [0.15, 0.2) is 18.2 Å². The van der Waals surface area contributed by atoms with E-state index in [2.05, 4.69) is 15.4 Å². The van der Waals surface area contributed by atoms with Crippen LogP contribution in [0.3, 0.4) is 0 Å². The number of pyridine rings is 1. The Kier molecular flexibility index (Phi) is 2.81. The highest BCUT2D eigenvalue weighted by Crippen LogP contribution is 2.07. The summed E-state index contributed by atoms with van der Waals surface area (Å²) in [5, 5.41) is 2.07. The maximum atomic E-state index is 5.57. The Labute approximate surface area is 82.8 Å². The summed E-state index contributed by atoms with van der Waals surface area (Å²) >= 11 is 0. The van der Waals surface area contributed by atoms with Crippen LogP contribution < -0.4 is 11.2 Å². The number of nitrogens with two attached hydrogens (primary N) is 1. The molecule has 1 aliphatic rings. The van der Waals surface area contributed by atoms with Gasteiger partial charge in [0.2, 0.25) is 0 Å². The molecule has 0 bridgehead atoms. The van der Waals surface area contributed by atoms with Crippen molar-refractivity contribution < 1.29 is 4.74 Å². The molecule has 2 heterocycles. The molecule has 1 aromatic rings. The van der Waals surface area contributed by atoms with E-state index >= 15 is 0 Å². The molecule has 76 valence electrons. The molecule has 0 spiro atoms. The van der Waals surface area contributed by atoms with Crippen LogP contribution in [0.2, 0.25) is 0 Å². The van der Waals surface area contributed by atoms with Crippen LogP contribution >= 0.6 is 0 Å². The fourth-order valence-corrected chi connectivity index (χ4v) is 1.35. The van der Waals surface area contributed by atoms with Crippen molar-refractivity contribution in [2.75, 3.05) is 37.5 Å².